The number of halogens is 1. The molecule has 0 saturated carbocycles. The zero-order valence-electron chi connectivity index (χ0n) is 17.8. The lowest BCUT2D eigenvalue weighted by molar-refractivity contribution is -0.141. The molecule has 1 aliphatic carbocycles. The molecular formula is C25H21BrN2O5. The molecule has 1 spiro atoms. The van der Waals surface area contributed by atoms with Gasteiger partial charge in [0, 0.05) is 28.6 Å². The lowest BCUT2D eigenvalue weighted by Gasteiger charge is -2.40. The van der Waals surface area contributed by atoms with E-state index in [0.29, 0.717) is 27.9 Å². The van der Waals surface area contributed by atoms with Gasteiger partial charge in [0.2, 0.25) is 11.8 Å². The lowest BCUT2D eigenvalue weighted by atomic mass is 9.63. The van der Waals surface area contributed by atoms with Crippen molar-refractivity contribution in [1.29, 1.82) is 0 Å². The highest BCUT2D eigenvalue weighted by Gasteiger charge is 2.62. The fourth-order valence-corrected chi connectivity index (χ4v) is 5.43. The highest BCUT2D eigenvalue weighted by Crippen LogP contribution is 2.56. The predicted octanol–water partition coefficient (Wildman–Crippen LogP) is 3.80. The Balaban J connectivity index is 1.75. The second-order valence-corrected chi connectivity index (χ2v) is 9.11. The van der Waals surface area contributed by atoms with Crippen molar-refractivity contribution < 1.29 is 23.9 Å². The molecular weight excluding hydrogens is 488 g/mol. The number of hydrogen-bond donors (Lipinski definition) is 2. The van der Waals surface area contributed by atoms with E-state index in [4.69, 9.17) is 15.2 Å². The van der Waals surface area contributed by atoms with E-state index in [0.717, 1.165) is 5.56 Å². The Morgan fingerprint density at radius 2 is 1.97 bits per heavy atom. The Hall–Kier alpha value is -3.39. The SMILES string of the molecule is CCOC(=O)C1=C(N)OC2=C(C(=O)C[C@H](c3ccccc3)C2)[C@]12C(=O)Nc1ccc(Br)cc12. The topological polar surface area (TPSA) is 108 Å². The number of allylic oxidation sites excluding steroid dienone is 1. The van der Waals surface area contributed by atoms with E-state index in [2.05, 4.69) is 21.2 Å². The van der Waals surface area contributed by atoms with Crippen LogP contribution in [0.15, 0.2) is 75.8 Å². The number of anilines is 1. The summed E-state index contributed by atoms with van der Waals surface area (Å²) < 4.78 is 11.8. The molecule has 2 heterocycles. The van der Waals surface area contributed by atoms with Gasteiger partial charge in [-0.2, -0.15) is 0 Å². The molecule has 0 fully saturated rings. The first-order chi connectivity index (χ1) is 15.9. The van der Waals surface area contributed by atoms with E-state index in [1.807, 2.05) is 30.3 Å². The molecule has 5 rings (SSSR count). The molecule has 2 aliphatic heterocycles. The number of Topliss-reactive ketones (excluding diaryl/α,β-unsaturated/α-hetero) is 1. The van der Waals surface area contributed by atoms with E-state index in [1.165, 1.54) is 0 Å². The highest BCUT2D eigenvalue weighted by atomic mass is 79.9. The van der Waals surface area contributed by atoms with Crippen molar-refractivity contribution >= 4 is 39.3 Å². The average molecular weight is 509 g/mol. The van der Waals surface area contributed by atoms with Crippen LogP contribution >= 0.6 is 15.9 Å². The van der Waals surface area contributed by atoms with Crippen LogP contribution in [0.4, 0.5) is 5.69 Å². The molecule has 3 N–H and O–H groups in total. The number of nitrogens with two attached hydrogens (primary N) is 1. The summed E-state index contributed by atoms with van der Waals surface area (Å²) in [6.45, 7) is 1.74. The first-order valence-electron chi connectivity index (χ1n) is 10.7. The molecule has 33 heavy (non-hydrogen) atoms. The number of rotatable bonds is 3. The fourth-order valence-electron chi connectivity index (χ4n) is 5.07. The van der Waals surface area contributed by atoms with Crippen molar-refractivity contribution in [3.05, 3.63) is 86.9 Å². The molecule has 0 aromatic heterocycles. The molecule has 168 valence electrons. The maximum atomic E-state index is 13.7. The van der Waals surface area contributed by atoms with Crippen molar-refractivity contribution in [3.8, 4) is 0 Å². The molecule has 1 amide bonds. The van der Waals surface area contributed by atoms with E-state index in [9.17, 15) is 14.4 Å². The Kier molecular flexibility index (Phi) is 5.12. The lowest BCUT2D eigenvalue weighted by Crippen LogP contribution is -2.49. The smallest absolute Gasteiger partial charge is 0.341 e. The third-order valence-electron chi connectivity index (χ3n) is 6.38. The molecule has 7 nitrogen and oxygen atoms in total. The minimum atomic E-state index is -1.73. The molecule has 3 aliphatic rings. The number of ether oxygens (including phenoxy) is 2. The van der Waals surface area contributed by atoms with Crippen molar-refractivity contribution in [2.24, 2.45) is 5.73 Å². The fraction of sp³-hybridized carbons (Fsp3) is 0.240. The van der Waals surface area contributed by atoms with Gasteiger partial charge < -0.3 is 20.5 Å². The van der Waals surface area contributed by atoms with E-state index in [1.54, 1.807) is 25.1 Å². The molecule has 8 heteroatoms. The first-order valence-corrected chi connectivity index (χ1v) is 11.5. The largest absolute Gasteiger partial charge is 0.462 e. The summed E-state index contributed by atoms with van der Waals surface area (Å²) in [7, 11) is 0. The van der Waals surface area contributed by atoms with E-state index in [-0.39, 0.29) is 41.8 Å². The van der Waals surface area contributed by atoms with Gasteiger partial charge in [0.05, 0.1) is 12.2 Å². The molecule has 0 saturated heterocycles. The predicted molar refractivity (Wildman–Crippen MR) is 124 cm³/mol. The van der Waals surface area contributed by atoms with Gasteiger partial charge in [0.25, 0.3) is 0 Å². The van der Waals surface area contributed by atoms with Crippen LogP contribution in [-0.4, -0.2) is 24.3 Å². The highest BCUT2D eigenvalue weighted by molar-refractivity contribution is 9.10. The molecule has 2 aromatic rings. The van der Waals surface area contributed by atoms with Crippen LogP contribution in [0.5, 0.6) is 0 Å². The van der Waals surface area contributed by atoms with Crippen LogP contribution < -0.4 is 11.1 Å². The van der Waals surface area contributed by atoms with E-state index < -0.39 is 17.3 Å². The summed E-state index contributed by atoms with van der Waals surface area (Å²) in [6, 6.07) is 14.9. The van der Waals surface area contributed by atoms with Gasteiger partial charge in [-0.25, -0.2) is 4.79 Å². The monoisotopic (exact) mass is 508 g/mol. The van der Waals surface area contributed by atoms with Crippen LogP contribution in [0.25, 0.3) is 0 Å². The minimum absolute atomic E-state index is 0.0780. The summed E-state index contributed by atoms with van der Waals surface area (Å²) in [6.07, 6.45) is 0.556. The summed E-state index contributed by atoms with van der Waals surface area (Å²) in [5.74, 6) is -1.61. The Bertz CT molecular complexity index is 1270. The molecule has 0 radical (unpaired) electrons. The van der Waals surface area contributed by atoms with E-state index >= 15 is 0 Å². The summed E-state index contributed by atoms with van der Waals surface area (Å²) in [5, 5.41) is 2.83. The molecule has 0 bridgehead atoms. The number of esters is 1. The van der Waals surface area contributed by atoms with Crippen LogP contribution in [0, 0.1) is 0 Å². The second kappa shape index (κ2) is 7.88. The van der Waals surface area contributed by atoms with Gasteiger partial charge in [-0.1, -0.05) is 46.3 Å². The number of ketones is 1. The van der Waals surface area contributed by atoms with Crippen LogP contribution in [-0.2, 0) is 29.3 Å². The standard InChI is InChI=1S/C25H21BrN2O5/c1-2-32-23(30)21-22(27)33-19-11-14(13-6-4-3-5-7-13)10-18(29)20(19)25(21)16-12-15(26)8-9-17(16)28-24(25)31/h3-9,12,14H,2,10-11,27H2,1H3,(H,28,31)/t14-,25-/m0/s1. The van der Waals surface area contributed by atoms with Crippen molar-refractivity contribution in [1.82, 2.24) is 0 Å². The Morgan fingerprint density at radius 1 is 1.21 bits per heavy atom. The number of nitrogens with one attached hydrogen (secondary N) is 1. The third kappa shape index (κ3) is 3.12. The summed E-state index contributed by atoms with van der Waals surface area (Å²) >= 11 is 3.45. The van der Waals surface area contributed by atoms with Gasteiger partial charge >= 0.3 is 5.97 Å². The Morgan fingerprint density at radius 3 is 2.70 bits per heavy atom. The van der Waals surface area contributed by atoms with Crippen LogP contribution in [0.3, 0.4) is 0 Å². The average Bonchev–Trinajstić information content (AvgIpc) is 3.05. The third-order valence-corrected chi connectivity index (χ3v) is 6.87. The minimum Gasteiger partial charge on any atom is -0.462 e. The zero-order valence-corrected chi connectivity index (χ0v) is 19.4. The number of amides is 1. The maximum Gasteiger partial charge on any atom is 0.341 e. The molecule has 2 atom stereocenters. The van der Waals surface area contributed by atoms with Crippen molar-refractivity contribution in [3.63, 3.8) is 0 Å². The Labute approximate surface area is 198 Å². The van der Waals surface area contributed by atoms with Crippen molar-refractivity contribution in [2.75, 3.05) is 11.9 Å². The summed E-state index contributed by atoms with van der Waals surface area (Å²) in [4.78, 5) is 40.5. The van der Waals surface area contributed by atoms with Crippen molar-refractivity contribution in [2.45, 2.75) is 31.1 Å². The number of carbonyl (C=O) groups excluding carboxylic acids is 3. The zero-order chi connectivity index (χ0) is 23.3. The number of hydrogen-bond acceptors (Lipinski definition) is 6. The normalized spacial score (nSPS) is 23.8. The molecule has 0 unspecified atom stereocenters. The van der Waals surface area contributed by atoms with Gasteiger partial charge in [0.1, 0.15) is 16.7 Å². The number of fused-ring (bicyclic) bond motifs is 3. The van der Waals surface area contributed by atoms with Crippen LogP contribution in [0.1, 0.15) is 36.8 Å². The van der Waals surface area contributed by atoms with Gasteiger partial charge in [0.15, 0.2) is 5.78 Å². The number of carbonyl (C=O) groups is 3. The molecule has 2 aromatic carbocycles. The summed E-state index contributed by atoms with van der Waals surface area (Å²) in [5.41, 5.74) is 6.50. The van der Waals surface area contributed by atoms with Crippen LogP contribution in [0.2, 0.25) is 0 Å². The van der Waals surface area contributed by atoms with Gasteiger partial charge in [-0.3, -0.25) is 9.59 Å². The maximum absolute atomic E-state index is 13.7. The second-order valence-electron chi connectivity index (χ2n) is 8.19. The van der Waals surface area contributed by atoms with Gasteiger partial charge in [-0.15, -0.1) is 0 Å². The first kappa shape index (κ1) is 21.5. The quantitative estimate of drug-likeness (QED) is 0.610. The van der Waals surface area contributed by atoms with Gasteiger partial charge in [-0.05, 0) is 36.6 Å². The number of benzene rings is 2.